The Morgan fingerprint density at radius 3 is 2.55 bits per heavy atom. The Hall–Kier alpha value is -2.11. The van der Waals surface area contributed by atoms with Gasteiger partial charge in [0, 0.05) is 22.9 Å². The summed E-state index contributed by atoms with van der Waals surface area (Å²) in [6.07, 6.45) is 0. The molecule has 2 aromatic carbocycles. The molecule has 2 N–H and O–H groups in total. The van der Waals surface area contributed by atoms with E-state index in [0.29, 0.717) is 37.5 Å². The lowest BCUT2D eigenvalue weighted by Gasteiger charge is -2.09. The summed E-state index contributed by atoms with van der Waals surface area (Å²) in [5, 5.41) is 12.5. The average molecular weight is 308 g/mol. The molecule has 0 aliphatic carbocycles. The van der Waals surface area contributed by atoms with E-state index in [4.69, 9.17) is 28.9 Å². The first-order chi connectivity index (χ1) is 9.49. The molecule has 5 nitrogen and oxygen atoms in total. The number of nitrogens with two attached hydrogens (primary N) is 1. The second kappa shape index (κ2) is 4.47. The summed E-state index contributed by atoms with van der Waals surface area (Å²) >= 11 is 12.1. The van der Waals surface area contributed by atoms with Crippen molar-refractivity contribution in [2.75, 3.05) is 5.73 Å². The Morgan fingerprint density at radius 1 is 1.15 bits per heavy atom. The number of hydrogen-bond acceptors (Lipinski definition) is 4. The van der Waals surface area contributed by atoms with Crippen molar-refractivity contribution in [3.8, 4) is 0 Å². The summed E-state index contributed by atoms with van der Waals surface area (Å²) in [5.41, 5.74) is 7.53. The maximum Gasteiger partial charge on any atom is 0.270 e. The quantitative estimate of drug-likeness (QED) is 0.415. The van der Waals surface area contributed by atoms with E-state index < -0.39 is 4.92 Å². The van der Waals surface area contributed by atoms with Gasteiger partial charge in [-0.2, -0.15) is 0 Å². The Kier molecular flexibility index (Phi) is 2.88. The van der Waals surface area contributed by atoms with Crippen LogP contribution in [0.4, 0.5) is 11.4 Å². The lowest BCUT2D eigenvalue weighted by Crippen LogP contribution is -1.95. The minimum Gasteiger partial charge on any atom is -0.398 e. The van der Waals surface area contributed by atoms with Crippen molar-refractivity contribution in [1.82, 2.24) is 4.98 Å². The summed E-state index contributed by atoms with van der Waals surface area (Å²) in [6, 6.07) is 7.68. The molecule has 100 valence electrons. The number of aromatic nitrogens is 1. The molecule has 0 aliphatic rings. The molecule has 0 radical (unpaired) electrons. The first-order valence-corrected chi connectivity index (χ1v) is 6.36. The summed E-state index contributed by atoms with van der Waals surface area (Å²) in [5.74, 6) is 0. The van der Waals surface area contributed by atoms with Crippen LogP contribution in [-0.2, 0) is 0 Å². The van der Waals surface area contributed by atoms with Crippen LogP contribution in [0.25, 0.3) is 21.8 Å². The number of hydrogen-bond donors (Lipinski definition) is 1. The molecule has 0 bridgehead atoms. The highest BCUT2D eigenvalue weighted by molar-refractivity contribution is 6.46. The van der Waals surface area contributed by atoms with E-state index in [1.165, 1.54) is 12.1 Å². The highest BCUT2D eigenvalue weighted by atomic mass is 35.5. The van der Waals surface area contributed by atoms with Crippen molar-refractivity contribution in [2.24, 2.45) is 0 Å². The first-order valence-electron chi connectivity index (χ1n) is 5.60. The largest absolute Gasteiger partial charge is 0.398 e. The van der Waals surface area contributed by atoms with Crippen LogP contribution in [0.15, 0.2) is 30.3 Å². The summed E-state index contributed by atoms with van der Waals surface area (Å²) in [7, 11) is 0. The molecule has 0 aliphatic heterocycles. The topological polar surface area (TPSA) is 82.0 Å². The molecule has 0 saturated carbocycles. The van der Waals surface area contributed by atoms with Crippen LogP contribution in [-0.4, -0.2) is 9.91 Å². The molecule has 0 atom stereocenters. The number of fused-ring (bicyclic) bond motifs is 2. The molecular weight excluding hydrogens is 301 g/mol. The van der Waals surface area contributed by atoms with Crippen molar-refractivity contribution in [2.45, 2.75) is 0 Å². The fourth-order valence-corrected chi connectivity index (χ4v) is 2.52. The van der Waals surface area contributed by atoms with Crippen molar-refractivity contribution < 1.29 is 4.92 Å². The molecule has 0 saturated heterocycles. The van der Waals surface area contributed by atoms with Gasteiger partial charge in [-0.1, -0.05) is 23.2 Å². The fraction of sp³-hybridized carbons (Fsp3) is 0. The van der Waals surface area contributed by atoms with E-state index in [-0.39, 0.29) is 5.69 Å². The Bertz CT molecular complexity index is 880. The predicted molar refractivity (Wildman–Crippen MR) is 80.3 cm³/mol. The van der Waals surface area contributed by atoms with Gasteiger partial charge in [0.1, 0.15) is 0 Å². The van der Waals surface area contributed by atoms with Crippen LogP contribution in [0.5, 0.6) is 0 Å². The second-order valence-corrected chi connectivity index (χ2v) is 5.02. The first kappa shape index (κ1) is 12.9. The molecule has 0 fully saturated rings. The van der Waals surface area contributed by atoms with Gasteiger partial charge in [-0.25, -0.2) is 4.98 Å². The Balaban J connectivity index is 2.49. The highest BCUT2D eigenvalue weighted by Crippen LogP contribution is 2.37. The third kappa shape index (κ3) is 1.83. The molecule has 3 aromatic rings. The second-order valence-electron chi connectivity index (χ2n) is 4.24. The third-order valence-corrected chi connectivity index (χ3v) is 3.87. The van der Waals surface area contributed by atoms with E-state index in [9.17, 15) is 10.1 Å². The molecule has 0 unspecified atom stereocenters. The number of rotatable bonds is 1. The minimum absolute atomic E-state index is 0.0523. The number of nitro benzene ring substituents is 1. The maximum absolute atomic E-state index is 10.8. The lowest BCUT2D eigenvalue weighted by molar-refractivity contribution is -0.384. The number of non-ortho nitro benzene ring substituents is 1. The van der Waals surface area contributed by atoms with Gasteiger partial charge in [0.2, 0.25) is 0 Å². The van der Waals surface area contributed by atoms with E-state index in [1.54, 1.807) is 18.2 Å². The van der Waals surface area contributed by atoms with E-state index >= 15 is 0 Å². The molecule has 20 heavy (non-hydrogen) atoms. The van der Waals surface area contributed by atoms with Crippen molar-refractivity contribution >= 4 is 56.4 Å². The van der Waals surface area contributed by atoms with Gasteiger partial charge < -0.3 is 5.73 Å². The van der Waals surface area contributed by atoms with E-state index in [1.807, 2.05) is 0 Å². The van der Waals surface area contributed by atoms with Crippen LogP contribution in [0.1, 0.15) is 0 Å². The van der Waals surface area contributed by atoms with Crippen LogP contribution >= 0.6 is 23.2 Å². The van der Waals surface area contributed by atoms with Crippen molar-refractivity contribution in [1.29, 1.82) is 0 Å². The molecule has 3 rings (SSSR count). The van der Waals surface area contributed by atoms with Crippen LogP contribution in [0.3, 0.4) is 0 Å². The third-order valence-electron chi connectivity index (χ3n) is 3.06. The smallest absolute Gasteiger partial charge is 0.270 e. The average Bonchev–Trinajstić information content (AvgIpc) is 2.42. The van der Waals surface area contributed by atoms with Gasteiger partial charge in [0.05, 0.1) is 31.7 Å². The molecule has 7 heteroatoms. The zero-order chi connectivity index (χ0) is 14.4. The van der Waals surface area contributed by atoms with Crippen LogP contribution in [0, 0.1) is 10.1 Å². The van der Waals surface area contributed by atoms with Gasteiger partial charge in [0.15, 0.2) is 0 Å². The van der Waals surface area contributed by atoms with Gasteiger partial charge in [-0.3, -0.25) is 10.1 Å². The number of nitrogen functional groups attached to an aromatic ring is 1. The standard InChI is InChI=1S/C13H7Cl2N3O2/c14-8-2-4-10-11(12(8)15)13(16)7-5-6(18(19)20)1-3-9(7)17-10/h1-5H,(H2,16,17). The maximum atomic E-state index is 10.8. The number of halogens is 2. The van der Waals surface area contributed by atoms with E-state index in [0.717, 1.165) is 0 Å². The number of nitro groups is 1. The number of benzene rings is 2. The molecular formula is C13H7Cl2N3O2. The monoisotopic (exact) mass is 307 g/mol. The zero-order valence-corrected chi connectivity index (χ0v) is 11.4. The molecule has 0 amide bonds. The van der Waals surface area contributed by atoms with Gasteiger partial charge in [0.25, 0.3) is 5.69 Å². The normalized spacial score (nSPS) is 11.1. The van der Waals surface area contributed by atoms with E-state index in [2.05, 4.69) is 4.98 Å². The van der Waals surface area contributed by atoms with Crippen molar-refractivity contribution in [3.63, 3.8) is 0 Å². The van der Waals surface area contributed by atoms with Crippen molar-refractivity contribution in [3.05, 3.63) is 50.5 Å². The summed E-state index contributed by atoms with van der Waals surface area (Å²) in [4.78, 5) is 14.7. The summed E-state index contributed by atoms with van der Waals surface area (Å²) < 4.78 is 0. The fourth-order valence-electron chi connectivity index (χ4n) is 2.11. The Labute approximate surface area is 123 Å². The number of anilines is 1. The Morgan fingerprint density at radius 2 is 1.85 bits per heavy atom. The SMILES string of the molecule is Nc1c2cc([N+](=O)[O-])ccc2nc2ccc(Cl)c(Cl)c12. The molecule has 1 aromatic heterocycles. The van der Waals surface area contributed by atoms with Gasteiger partial charge >= 0.3 is 0 Å². The van der Waals surface area contributed by atoms with Gasteiger partial charge in [-0.05, 0) is 18.2 Å². The molecule has 1 heterocycles. The van der Waals surface area contributed by atoms with Crippen LogP contribution < -0.4 is 5.73 Å². The van der Waals surface area contributed by atoms with Gasteiger partial charge in [-0.15, -0.1) is 0 Å². The van der Waals surface area contributed by atoms with Crippen LogP contribution in [0.2, 0.25) is 10.0 Å². The zero-order valence-electron chi connectivity index (χ0n) is 9.93. The summed E-state index contributed by atoms with van der Waals surface area (Å²) in [6.45, 7) is 0. The highest BCUT2D eigenvalue weighted by Gasteiger charge is 2.14. The minimum atomic E-state index is -0.483. The number of nitrogens with zero attached hydrogens (tertiary/aromatic N) is 2. The predicted octanol–water partition coefficient (Wildman–Crippen LogP) is 4.19. The number of pyridine rings is 1. The molecule has 0 spiro atoms. The lowest BCUT2D eigenvalue weighted by atomic mass is 10.1.